The molecule has 0 aliphatic carbocycles. The molecule has 1 aromatic rings. The first-order valence-corrected chi connectivity index (χ1v) is 5.45. The molecule has 0 amide bonds. The van der Waals surface area contributed by atoms with E-state index in [1.165, 1.54) is 10.9 Å². The van der Waals surface area contributed by atoms with Crippen molar-refractivity contribution in [1.29, 1.82) is 0 Å². The molecule has 4 nitrogen and oxygen atoms in total. The number of hydrogen-bond donors (Lipinski definition) is 0. The lowest BCUT2D eigenvalue weighted by Crippen LogP contribution is -2.25. The molecular formula is C9H12Cl2N2O2. The zero-order valence-electron chi connectivity index (χ0n) is 8.54. The SMILES string of the molecule is CC(C)n1ncc(OCCCl)c(Cl)c1=O. The smallest absolute Gasteiger partial charge is 0.289 e. The molecule has 6 heteroatoms. The van der Waals surface area contributed by atoms with Crippen molar-refractivity contribution < 1.29 is 4.74 Å². The molecule has 15 heavy (non-hydrogen) atoms. The van der Waals surface area contributed by atoms with Crippen LogP contribution in [0.25, 0.3) is 0 Å². The van der Waals surface area contributed by atoms with Gasteiger partial charge in [-0.05, 0) is 13.8 Å². The van der Waals surface area contributed by atoms with Crippen LogP contribution in [0, 0.1) is 0 Å². The van der Waals surface area contributed by atoms with E-state index >= 15 is 0 Å². The van der Waals surface area contributed by atoms with Gasteiger partial charge in [0.2, 0.25) is 0 Å². The third kappa shape index (κ3) is 2.86. The van der Waals surface area contributed by atoms with Crippen molar-refractivity contribution in [2.24, 2.45) is 0 Å². The first-order valence-electron chi connectivity index (χ1n) is 4.54. The van der Waals surface area contributed by atoms with Gasteiger partial charge in [0.15, 0.2) is 10.8 Å². The highest BCUT2D eigenvalue weighted by molar-refractivity contribution is 6.31. The van der Waals surface area contributed by atoms with Crippen LogP contribution in [-0.2, 0) is 0 Å². The Balaban J connectivity index is 3.05. The lowest BCUT2D eigenvalue weighted by atomic mass is 10.4. The molecule has 0 atom stereocenters. The normalized spacial score (nSPS) is 10.7. The molecule has 0 unspecified atom stereocenters. The molecular weight excluding hydrogens is 239 g/mol. The number of alkyl halides is 1. The van der Waals surface area contributed by atoms with E-state index < -0.39 is 0 Å². The molecule has 0 N–H and O–H groups in total. The minimum Gasteiger partial charge on any atom is -0.489 e. The summed E-state index contributed by atoms with van der Waals surface area (Å²) in [6.07, 6.45) is 1.43. The third-order valence-electron chi connectivity index (χ3n) is 1.74. The monoisotopic (exact) mass is 250 g/mol. The summed E-state index contributed by atoms with van der Waals surface area (Å²) in [6.45, 7) is 4.00. The molecule has 0 saturated carbocycles. The van der Waals surface area contributed by atoms with Crippen LogP contribution in [0.4, 0.5) is 0 Å². The van der Waals surface area contributed by atoms with Crippen molar-refractivity contribution in [2.45, 2.75) is 19.9 Å². The summed E-state index contributed by atoms with van der Waals surface area (Å²) < 4.78 is 6.46. The minimum atomic E-state index is -0.348. The van der Waals surface area contributed by atoms with Gasteiger partial charge in [0.1, 0.15) is 6.61 Å². The Morgan fingerprint density at radius 1 is 1.60 bits per heavy atom. The maximum absolute atomic E-state index is 11.6. The van der Waals surface area contributed by atoms with Crippen molar-refractivity contribution >= 4 is 23.2 Å². The highest BCUT2D eigenvalue weighted by Crippen LogP contribution is 2.18. The lowest BCUT2D eigenvalue weighted by Gasteiger charge is -2.10. The molecule has 0 aliphatic heterocycles. The molecule has 0 aliphatic rings. The maximum Gasteiger partial charge on any atom is 0.289 e. The highest BCUT2D eigenvalue weighted by Gasteiger charge is 2.11. The van der Waals surface area contributed by atoms with Crippen molar-refractivity contribution in [3.05, 3.63) is 21.6 Å². The molecule has 0 saturated heterocycles. The first kappa shape index (κ1) is 12.3. The second-order valence-corrected chi connectivity index (χ2v) is 3.96. The van der Waals surface area contributed by atoms with Gasteiger partial charge in [0.25, 0.3) is 5.56 Å². The lowest BCUT2D eigenvalue weighted by molar-refractivity contribution is 0.336. The second-order valence-electron chi connectivity index (χ2n) is 3.20. The van der Waals surface area contributed by atoms with Gasteiger partial charge in [0.05, 0.1) is 18.1 Å². The zero-order chi connectivity index (χ0) is 11.4. The van der Waals surface area contributed by atoms with E-state index in [1.807, 2.05) is 13.8 Å². The molecule has 0 bridgehead atoms. The van der Waals surface area contributed by atoms with Crippen LogP contribution in [0.1, 0.15) is 19.9 Å². The summed E-state index contributed by atoms with van der Waals surface area (Å²) >= 11 is 11.3. The predicted octanol–water partition coefficient (Wildman–Crippen LogP) is 2.10. The fourth-order valence-electron chi connectivity index (χ4n) is 1.05. The van der Waals surface area contributed by atoms with Gasteiger partial charge in [-0.3, -0.25) is 4.79 Å². The number of halogens is 2. The van der Waals surface area contributed by atoms with E-state index in [0.717, 1.165) is 0 Å². The molecule has 0 radical (unpaired) electrons. The molecule has 84 valence electrons. The standard InChI is InChI=1S/C9H12Cl2N2O2/c1-6(2)13-9(14)8(11)7(5-12-13)15-4-3-10/h5-6H,3-4H2,1-2H3. The van der Waals surface area contributed by atoms with Gasteiger partial charge in [-0.15, -0.1) is 11.6 Å². The summed E-state index contributed by atoms with van der Waals surface area (Å²) in [5, 5.41) is 3.99. The Morgan fingerprint density at radius 3 is 2.80 bits per heavy atom. The highest BCUT2D eigenvalue weighted by atomic mass is 35.5. The predicted molar refractivity (Wildman–Crippen MR) is 60.1 cm³/mol. The minimum absolute atomic E-state index is 0.0305. The van der Waals surface area contributed by atoms with E-state index in [2.05, 4.69) is 5.10 Å². The Bertz CT molecular complexity index is 390. The molecule has 0 fully saturated rings. The topological polar surface area (TPSA) is 44.1 Å². The van der Waals surface area contributed by atoms with E-state index in [4.69, 9.17) is 27.9 Å². The number of aromatic nitrogens is 2. The zero-order valence-corrected chi connectivity index (χ0v) is 10.0. The quantitative estimate of drug-likeness (QED) is 0.769. The van der Waals surface area contributed by atoms with E-state index in [-0.39, 0.29) is 22.4 Å². The van der Waals surface area contributed by atoms with Crippen LogP contribution >= 0.6 is 23.2 Å². The average molecular weight is 251 g/mol. The Labute approximate surface area is 97.8 Å². The van der Waals surface area contributed by atoms with E-state index in [1.54, 1.807) is 0 Å². The van der Waals surface area contributed by atoms with E-state index in [9.17, 15) is 4.79 Å². The molecule has 1 aromatic heterocycles. The van der Waals surface area contributed by atoms with Crippen LogP contribution in [0.2, 0.25) is 5.02 Å². The molecule has 0 aromatic carbocycles. The summed E-state index contributed by atoms with van der Waals surface area (Å²) in [5.41, 5.74) is -0.348. The average Bonchev–Trinajstić information content (AvgIpc) is 2.20. The van der Waals surface area contributed by atoms with Crippen molar-refractivity contribution in [3.8, 4) is 5.75 Å². The summed E-state index contributed by atoms with van der Waals surface area (Å²) in [4.78, 5) is 11.6. The van der Waals surface area contributed by atoms with Gasteiger partial charge in [-0.25, -0.2) is 4.68 Å². The maximum atomic E-state index is 11.6. The molecule has 1 rings (SSSR count). The number of rotatable bonds is 4. The van der Waals surface area contributed by atoms with Crippen LogP contribution in [0.5, 0.6) is 5.75 Å². The van der Waals surface area contributed by atoms with Gasteiger partial charge >= 0.3 is 0 Å². The fraction of sp³-hybridized carbons (Fsp3) is 0.556. The van der Waals surface area contributed by atoms with Crippen molar-refractivity contribution in [1.82, 2.24) is 9.78 Å². The third-order valence-corrected chi connectivity index (χ3v) is 2.24. The van der Waals surface area contributed by atoms with Gasteiger partial charge < -0.3 is 4.74 Å². The number of nitrogens with zero attached hydrogens (tertiary/aromatic N) is 2. The van der Waals surface area contributed by atoms with Crippen LogP contribution in [0.15, 0.2) is 11.0 Å². The fourth-order valence-corrected chi connectivity index (χ4v) is 1.31. The van der Waals surface area contributed by atoms with Crippen molar-refractivity contribution in [3.63, 3.8) is 0 Å². The number of hydrogen-bond acceptors (Lipinski definition) is 3. The van der Waals surface area contributed by atoms with Crippen LogP contribution in [0.3, 0.4) is 0 Å². The summed E-state index contributed by atoms with van der Waals surface area (Å²) in [7, 11) is 0. The summed E-state index contributed by atoms with van der Waals surface area (Å²) in [5.74, 6) is 0.614. The Kier molecular flexibility index (Phi) is 4.42. The number of ether oxygens (including phenoxy) is 1. The van der Waals surface area contributed by atoms with Gasteiger partial charge in [0, 0.05) is 0 Å². The molecule has 0 spiro atoms. The van der Waals surface area contributed by atoms with Crippen LogP contribution < -0.4 is 10.3 Å². The van der Waals surface area contributed by atoms with Crippen LogP contribution in [-0.4, -0.2) is 22.3 Å². The van der Waals surface area contributed by atoms with Gasteiger partial charge in [-0.2, -0.15) is 5.10 Å². The first-order chi connectivity index (χ1) is 7.07. The largest absolute Gasteiger partial charge is 0.489 e. The molecule has 1 heterocycles. The van der Waals surface area contributed by atoms with E-state index in [0.29, 0.717) is 12.5 Å². The second kappa shape index (κ2) is 5.37. The Morgan fingerprint density at radius 2 is 2.27 bits per heavy atom. The summed E-state index contributed by atoms with van der Waals surface area (Å²) in [6, 6.07) is -0.0305. The van der Waals surface area contributed by atoms with Crippen molar-refractivity contribution in [2.75, 3.05) is 12.5 Å². The Hall–Kier alpha value is -0.740. The van der Waals surface area contributed by atoms with Gasteiger partial charge in [-0.1, -0.05) is 11.6 Å².